The molecule has 0 aromatic carbocycles. The van der Waals surface area contributed by atoms with Crippen LogP contribution in [0, 0.1) is 0 Å². The molecule has 18 heavy (non-hydrogen) atoms. The van der Waals surface area contributed by atoms with Gasteiger partial charge in [0, 0.05) is 17.3 Å². The van der Waals surface area contributed by atoms with E-state index in [4.69, 9.17) is 4.74 Å². The number of alkyl carbamates (subject to hydrolysis) is 1. The van der Waals surface area contributed by atoms with Gasteiger partial charge in [0.1, 0.15) is 5.60 Å². The molecule has 0 spiro atoms. The van der Waals surface area contributed by atoms with Crippen LogP contribution in [-0.4, -0.2) is 21.7 Å². The number of amides is 1. The molecule has 0 radical (unpaired) electrons. The van der Waals surface area contributed by atoms with Crippen LogP contribution in [-0.2, 0) is 11.3 Å². The molecule has 0 aliphatic rings. The number of fused-ring (bicyclic) bond motifs is 1. The number of aromatic amines is 1. The number of nitrogens with zero attached hydrogens (tertiary/aromatic N) is 1. The summed E-state index contributed by atoms with van der Waals surface area (Å²) in [5.74, 6) is 0. The molecule has 0 bridgehead atoms. The third-order valence-corrected chi connectivity index (χ3v) is 2.30. The molecular formula is C13H17N3O2. The zero-order chi connectivity index (χ0) is 13.2. The number of rotatable bonds is 2. The molecule has 0 atom stereocenters. The first-order valence-electron chi connectivity index (χ1n) is 5.82. The lowest BCUT2D eigenvalue weighted by Crippen LogP contribution is -2.32. The van der Waals surface area contributed by atoms with Crippen LogP contribution in [0.1, 0.15) is 26.5 Å². The predicted octanol–water partition coefficient (Wildman–Crippen LogP) is 2.59. The topological polar surface area (TPSA) is 67.0 Å². The van der Waals surface area contributed by atoms with Crippen molar-refractivity contribution in [3.63, 3.8) is 0 Å². The number of carbonyl (C=O) groups excluding carboxylic acids is 1. The molecule has 5 nitrogen and oxygen atoms in total. The van der Waals surface area contributed by atoms with E-state index in [1.54, 1.807) is 12.4 Å². The maximum Gasteiger partial charge on any atom is 0.407 e. The quantitative estimate of drug-likeness (QED) is 0.857. The van der Waals surface area contributed by atoms with Crippen LogP contribution in [0.2, 0.25) is 0 Å². The monoisotopic (exact) mass is 247 g/mol. The summed E-state index contributed by atoms with van der Waals surface area (Å²) in [6.07, 6.45) is 3.08. The number of hydrogen-bond donors (Lipinski definition) is 2. The number of nitrogens with one attached hydrogen (secondary N) is 2. The van der Waals surface area contributed by atoms with Crippen molar-refractivity contribution in [2.45, 2.75) is 32.9 Å². The highest BCUT2D eigenvalue weighted by molar-refractivity contribution is 5.79. The van der Waals surface area contributed by atoms with E-state index in [0.29, 0.717) is 6.54 Å². The number of aromatic nitrogens is 2. The largest absolute Gasteiger partial charge is 0.444 e. The van der Waals surface area contributed by atoms with Crippen LogP contribution >= 0.6 is 0 Å². The van der Waals surface area contributed by atoms with E-state index in [9.17, 15) is 4.79 Å². The minimum Gasteiger partial charge on any atom is -0.444 e. The Morgan fingerprint density at radius 3 is 2.94 bits per heavy atom. The van der Waals surface area contributed by atoms with Crippen LogP contribution in [0.3, 0.4) is 0 Å². The summed E-state index contributed by atoms with van der Waals surface area (Å²) in [6.45, 7) is 5.91. The first-order valence-corrected chi connectivity index (χ1v) is 5.82. The number of pyridine rings is 1. The molecule has 2 aromatic rings. The highest BCUT2D eigenvalue weighted by Crippen LogP contribution is 2.13. The highest BCUT2D eigenvalue weighted by Gasteiger charge is 2.15. The summed E-state index contributed by atoms with van der Waals surface area (Å²) in [5, 5.41) is 3.78. The van der Waals surface area contributed by atoms with Gasteiger partial charge in [0.05, 0.1) is 18.3 Å². The molecule has 96 valence electrons. The summed E-state index contributed by atoms with van der Waals surface area (Å²) >= 11 is 0. The fourth-order valence-corrected chi connectivity index (χ4v) is 1.61. The second kappa shape index (κ2) is 4.68. The Balaban J connectivity index is 1.96. The molecule has 5 heteroatoms. The fraction of sp³-hybridized carbons (Fsp3) is 0.385. The Labute approximate surface area is 106 Å². The smallest absolute Gasteiger partial charge is 0.407 e. The summed E-state index contributed by atoms with van der Waals surface area (Å²) < 4.78 is 5.16. The van der Waals surface area contributed by atoms with Crippen LogP contribution < -0.4 is 5.32 Å². The van der Waals surface area contributed by atoms with E-state index in [2.05, 4.69) is 15.3 Å². The van der Waals surface area contributed by atoms with Gasteiger partial charge in [-0.15, -0.1) is 0 Å². The Bertz CT molecular complexity index is 522. The third kappa shape index (κ3) is 3.23. The third-order valence-electron chi connectivity index (χ3n) is 2.30. The normalized spacial score (nSPS) is 11.5. The highest BCUT2D eigenvalue weighted by atomic mass is 16.6. The van der Waals surface area contributed by atoms with Gasteiger partial charge in [-0.2, -0.15) is 0 Å². The van der Waals surface area contributed by atoms with Crippen molar-refractivity contribution in [3.05, 3.63) is 30.2 Å². The lowest BCUT2D eigenvalue weighted by Gasteiger charge is -2.19. The molecule has 0 aliphatic heterocycles. The molecule has 0 fully saturated rings. The second-order valence-electron chi connectivity index (χ2n) is 5.11. The zero-order valence-corrected chi connectivity index (χ0v) is 10.8. The van der Waals surface area contributed by atoms with E-state index < -0.39 is 11.7 Å². The molecule has 1 amide bonds. The predicted molar refractivity (Wildman–Crippen MR) is 69.2 cm³/mol. The van der Waals surface area contributed by atoms with E-state index in [1.807, 2.05) is 32.9 Å². The van der Waals surface area contributed by atoms with E-state index in [-0.39, 0.29) is 0 Å². The van der Waals surface area contributed by atoms with Crippen LogP contribution in [0.5, 0.6) is 0 Å². The molecule has 0 aliphatic carbocycles. The Morgan fingerprint density at radius 2 is 2.28 bits per heavy atom. The number of carbonyl (C=O) groups is 1. The van der Waals surface area contributed by atoms with Crippen LogP contribution in [0.4, 0.5) is 4.79 Å². The minimum absolute atomic E-state index is 0.406. The molecule has 2 aromatic heterocycles. The maximum atomic E-state index is 11.5. The summed E-state index contributed by atoms with van der Waals surface area (Å²) in [6, 6.07) is 3.90. The van der Waals surface area contributed by atoms with E-state index >= 15 is 0 Å². The summed E-state index contributed by atoms with van der Waals surface area (Å²) in [4.78, 5) is 18.7. The lowest BCUT2D eigenvalue weighted by atomic mass is 10.2. The number of ether oxygens (including phenoxy) is 1. The van der Waals surface area contributed by atoms with Crippen molar-refractivity contribution < 1.29 is 9.53 Å². The van der Waals surface area contributed by atoms with Gasteiger partial charge < -0.3 is 15.0 Å². The van der Waals surface area contributed by atoms with Gasteiger partial charge in [-0.05, 0) is 32.9 Å². The van der Waals surface area contributed by atoms with Gasteiger partial charge in [-0.25, -0.2) is 4.79 Å². The zero-order valence-electron chi connectivity index (χ0n) is 10.8. The molecule has 2 N–H and O–H groups in total. The molecule has 0 saturated heterocycles. The molecule has 2 rings (SSSR count). The number of hydrogen-bond acceptors (Lipinski definition) is 3. The Hall–Kier alpha value is -2.04. The van der Waals surface area contributed by atoms with Gasteiger partial charge in [0.15, 0.2) is 0 Å². The molecule has 0 saturated carbocycles. The van der Waals surface area contributed by atoms with Gasteiger partial charge >= 0.3 is 6.09 Å². The van der Waals surface area contributed by atoms with E-state index in [0.717, 1.165) is 16.6 Å². The Morgan fingerprint density at radius 1 is 1.50 bits per heavy atom. The van der Waals surface area contributed by atoms with Crippen molar-refractivity contribution in [2.24, 2.45) is 0 Å². The van der Waals surface area contributed by atoms with Crippen molar-refractivity contribution >= 4 is 17.0 Å². The Kier molecular flexibility index (Phi) is 3.23. The SMILES string of the molecule is CC(C)(C)OC(=O)NCc1cc2ccncc2[nH]1. The van der Waals surface area contributed by atoms with Crippen LogP contribution in [0.15, 0.2) is 24.5 Å². The van der Waals surface area contributed by atoms with Crippen molar-refractivity contribution in [3.8, 4) is 0 Å². The van der Waals surface area contributed by atoms with Gasteiger partial charge in [0.25, 0.3) is 0 Å². The van der Waals surface area contributed by atoms with E-state index in [1.165, 1.54) is 0 Å². The molecule has 0 unspecified atom stereocenters. The molecular weight excluding hydrogens is 230 g/mol. The number of H-pyrrole nitrogens is 1. The lowest BCUT2D eigenvalue weighted by molar-refractivity contribution is 0.0523. The standard InChI is InChI=1S/C13H17N3O2/c1-13(2,3)18-12(17)15-7-10-6-9-4-5-14-8-11(9)16-10/h4-6,8,16H,7H2,1-3H3,(H,15,17). The fourth-order valence-electron chi connectivity index (χ4n) is 1.61. The average Bonchev–Trinajstić information content (AvgIpc) is 2.66. The maximum absolute atomic E-state index is 11.5. The molecule has 2 heterocycles. The van der Waals surface area contributed by atoms with Crippen molar-refractivity contribution in [1.29, 1.82) is 0 Å². The average molecular weight is 247 g/mol. The van der Waals surface area contributed by atoms with Gasteiger partial charge in [-0.3, -0.25) is 4.98 Å². The van der Waals surface area contributed by atoms with Gasteiger partial charge in [-0.1, -0.05) is 0 Å². The first-order chi connectivity index (χ1) is 8.44. The second-order valence-corrected chi connectivity index (χ2v) is 5.11. The van der Waals surface area contributed by atoms with Crippen LogP contribution in [0.25, 0.3) is 10.9 Å². The first kappa shape index (κ1) is 12.4. The minimum atomic E-state index is -0.478. The van der Waals surface area contributed by atoms with Crippen molar-refractivity contribution in [2.75, 3.05) is 0 Å². The summed E-state index contributed by atoms with van der Waals surface area (Å²) in [5.41, 5.74) is 1.40. The summed E-state index contributed by atoms with van der Waals surface area (Å²) in [7, 11) is 0. The van der Waals surface area contributed by atoms with Crippen molar-refractivity contribution in [1.82, 2.24) is 15.3 Å². The van der Waals surface area contributed by atoms with Gasteiger partial charge in [0.2, 0.25) is 0 Å².